The van der Waals surface area contributed by atoms with Gasteiger partial charge in [0.15, 0.2) is 0 Å². The number of nitro benzene ring substituents is 1. The molecule has 1 aromatic carbocycles. The summed E-state index contributed by atoms with van der Waals surface area (Å²) in [5, 5.41) is 10.6. The van der Waals surface area contributed by atoms with Crippen LogP contribution in [0.15, 0.2) is 18.2 Å². The highest BCUT2D eigenvalue weighted by molar-refractivity contribution is 5.94. The van der Waals surface area contributed by atoms with Gasteiger partial charge in [-0.3, -0.25) is 19.8 Å². The summed E-state index contributed by atoms with van der Waals surface area (Å²) in [6.45, 7) is 5.91. The first-order valence-electron chi connectivity index (χ1n) is 6.98. The van der Waals surface area contributed by atoms with Gasteiger partial charge in [0.1, 0.15) is 0 Å². The van der Waals surface area contributed by atoms with Crippen molar-refractivity contribution in [3.8, 4) is 0 Å². The second-order valence-corrected chi connectivity index (χ2v) is 5.06. The van der Waals surface area contributed by atoms with Crippen LogP contribution in [0, 0.1) is 15.9 Å². The molecule has 114 valence electrons. The average Bonchev–Trinajstić information content (AvgIpc) is 2.47. The topological polar surface area (TPSA) is 66.7 Å². The molecule has 1 heterocycles. The van der Waals surface area contributed by atoms with Gasteiger partial charge in [-0.25, -0.2) is 0 Å². The van der Waals surface area contributed by atoms with Crippen molar-refractivity contribution in [2.45, 2.75) is 13.3 Å². The van der Waals surface area contributed by atoms with Crippen LogP contribution >= 0.6 is 0 Å². The van der Waals surface area contributed by atoms with E-state index < -0.39 is 16.4 Å². The quantitative estimate of drug-likeness (QED) is 0.628. The van der Waals surface area contributed by atoms with Crippen LogP contribution in [0.3, 0.4) is 0 Å². The van der Waals surface area contributed by atoms with E-state index in [0.29, 0.717) is 13.1 Å². The fourth-order valence-corrected chi connectivity index (χ4v) is 2.46. The molecule has 0 spiro atoms. The Morgan fingerprint density at radius 1 is 1.33 bits per heavy atom. The third-order valence-corrected chi connectivity index (χ3v) is 3.59. The van der Waals surface area contributed by atoms with Crippen molar-refractivity contribution in [2.24, 2.45) is 0 Å². The molecule has 6 nitrogen and oxygen atoms in total. The zero-order valence-corrected chi connectivity index (χ0v) is 11.9. The van der Waals surface area contributed by atoms with Crippen molar-refractivity contribution in [1.82, 2.24) is 9.80 Å². The Kier molecular flexibility index (Phi) is 4.85. The van der Waals surface area contributed by atoms with E-state index in [1.165, 1.54) is 6.07 Å². The summed E-state index contributed by atoms with van der Waals surface area (Å²) in [7, 11) is 0. The van der Waals surface area contributed by atoms with Crippen LogP contribution in [-0.2, 0) is 0 Å². The second kappa shape index (κ2) is 6.62. The maximum atomic E-state index is 13.6. The number of hydrogen-bond acceptors (Lipinski definition) is 4. The fourth-order valence-electron chi connectivity index (χ4n) is 2.46. The number of piperazine rings is 1. The highest BCUT2D eigenvalue weighted by atomic mass is 19.1. The van der Waals surface area contributed by atoms with Gasteiger partial charge in [0.05, 0.1) is 4.92 Å². The molecule has 1 aliphatic heterocycles. The van der Waals surface area contributed by atoms with Crippen LogP contribution in [0.25, 0.3) is 0 Å². The molecule has 0 aromatic heterocycles. The van der Waals surface area contributed by atoms with Crippen molar-refractivity contribution in [1.29, 1.82) is 0 Å². The molecule has 0 unspecified atom stereocenters. The maximum absolute atomic E-state index is 13.6. The summed E-state index contributed by atoms with van der Waals surface area (Å²) in [6.07, 6.45) is 1.07. The zero-order valence-electron chi connectivity index (χ0n) is 11.9. The maximum Gasteiger partial charge on any atom is 0.304 e. The number of carbonyl (C=O) groups is 1. The molecule has 1 aromatic rings. The van der Waals surface area contributed by atoms with Crippen LogP contribution in [0.4, 0.5) is 10.1 Å². The normalized spacial score (nSPS) is 16.0. The van der Waals surface area contributed by atoms with Crippen molar-refractivity contribution in [3.05, 3.63) is 39.7 Å². The van der Waals surface area contributed by atoms with Crippen LogP contribution in [0.5, 0.6) is 0 Å². The number of carbonyl (C=O) groups excluding carboxylic acids is 1. The second-order valence-electron chi connectivity index (χ2n) is 5.06. The Hall–Kier alpha value is -2.02. The Morgan fingerprint density at radius 3 is 2.52 bits per heavy atom. The number of benzene rings is 1. The predicted molar refractivity (Wildman–Crippen MR) is 75.7 cm³/mol. The van der Waals surface area contributed by atoms with E-state index in [1.54, 1.807) is 4.90 Å². The minimum atomic E-state index is -0.976. The molecule has 1 saturated heterocycles. The monoisotopic (exact) mass is 295 g/mol. The molecule has 2 rings (SSSR count). The van der Waals surface area contributed by atoms with Crippen molar-refractivity contribution >= 4 is 11.6 Å². The largest absolute Gasteiger partial charge is 0.336 e. The number of hydrogen-bond donors (Lipinski definition) is 0. The smallest absolute Gasteiger partial charge is 0.304 e. The lowest BCUT2D eigenvalue weighted by molar-refractivity contribution is -0.387. The fraction of sp³-hybridized carbons (Fsp3) is 0.500. The molecular formula is C14H18FN3O3. The van der Waals surface area contributed by atoms with E-state index in [4.69, 9.17) is 0 Å². The van der Waals surface area contributed by atoms with Crippen LogP contribution in [-0.4, -0.2) is 53.4 Å². The van der Waals surface area contributed by atoms with Gasteiger partial charge in [-0.2, -0.15) is 4.39 Å². The number of nitrogens with zero attached hydrogens (tertiary/aromatic N) is 3. The minimum absolute atomic E-state index is 0.155. The van der Waals surface area contributed by atoms with Crippen molar-refractivity contribution < 1.29 is 14.1 Å². The summed E-state index contributed by atoms with van der Waals surface area (Å²) >= 11 is 0. The highest BCUT2D eigenvalue weighted by Gasteiger charge is 2.23. The first kappa shape index (κ1) is 15.4. The molecule has 1 amide bonds. The Labute approximate surface area is 122 Å². The van der Waals surface area contributed by atoms with E-state index in [9.17, 15) is 19.3 Å². The predicted octanol–water partition coefficient (Wildman–Crippen LogP) is 1.90. The standard InChI is InChI=1S/C14H18FN3O3/c1-2-5-16-6-8-17(9-7-16)14(19)11-3-4-13(18(20)21)12(15)10-11/h3-4,10H,2,5-9H2,1H3. The molecule has 0 aliphatic carbocycles. The average molecular weight is 295 g/mol. The molecule has 0 bridgehead atoms. The lowest BCUT2D eigenvalue weighted by atomic mass is 10.1. The first-order chi connectivity index (χ1) is 10.0. The Bertz CT molecular complexity index is 542. The van der Waals surface area contributed by atoms with E-state index in [2.05, 4.69) is 11.8 Å². The van der Waals surface area contributed by atoms with Crippen LogP contribution in [0.2, 0.25) is 0 Å². The summed E-state index contributed by atoms with van der Waals surface area (Å²) in [6, 6.07) is 3.29. The highest BCUT2D eigenvalue weighted by Crippen LogP contribution is 2.19. The number of nitro groups is 1. The van der Waals surface area contributed by atoms with Gasteiger partial charge < -0.3 is 4.90 Å². The molecule has 21 heavy (non-hydrogen) atoms. The molecular weight excluding hydrogens is 277 g/mol. The van der Waals surface area contributed by atoms with Gasteiger partial charge in [-0.15, -0.1) is 0 Å². The summed E-state index contributed by atoms with van der Waals surface area (Å²) < 4.78 is 13.6. The van der Waals surface area contributed by atoms with Gasteiger partial charge in [0.25, 0.3) is 5.91 Å². The summed E-state index contributed by atoms with van der Waals surface area (Å²) in [4.78, 5) is 26.0. The van der Waals surface area contributed by atoms with E-state index >= 15 is 0 Å². The minimum Gasteiger partial charge on any atom is -0.336 e. The van der Waals surface area contributed by atoms with Crippen LogP contribution in [0.1, 0.15) is 23.7 Å². The number of amides is 1. The third-order valence-electron chi connectivity index (χ3n) is 3.59. The molecule has 0 N–H and O–H groups in total. The first-order valence-corrected chi connectivity index (χ1v) is 6.98. The number of halogens is 1. The number of rotatable bonds is 4. The Balaban J connectivity index is 2.04. The third kappa shape index (κ3) is 3.55. The molecule has 0 saturated carbocycles. The molecule has 1 fully saturated rings. The molecule has 7 heteroatoms. The van der Waals surface area contributed by atoms with Gasteiger partial charge in [0.2, 0.25) is 5.82 Å². The zero-order chi connectivity index (χ0) is 15.4. The molecule has 0 radical (unpaired) electrons. The lowest BCUT2D eigenvalue weighted by Gasteiger charge is -2.34. The molecule has 0 atom stereocenters. The summed E-state index contributed by atoms with van der Waals surface area (Å²) in [5.41, 5.74) is -0.457. The molecule has 1 aliphatic rings. The van der Waals surface area contributed by atoms with E-state index in [-0.39, 0.29) is 11.5 Å². The van der Waals surface area contributed by atoms with E-state index in [0.717, 1.165) is 38.2 Å². The SMILES string of the molecule is CCCN1CCN(C(=O)c2ccc([N+](=O)[O-])c(F)c2)CC1. The summed E-state index contributed by atoms with van der Waals surface area (Å²) in [5.74, 6) is -1.25. The van der Waals surface area contributed by atoms with E-state index in [1.807, 2.05) is 0 Å². The van der Waals surface area contributed by atoms with Crippen LogP contribution < -0.4 is 0 Å². The van der Waals surface area contributed by atoms with Gasteiger partial charge in [-0.1, -0.05) is 6.92 Å². The van der Waals surface area contributed by atoms with Crippen molar-refractivity contribution in [3.63, 3.8) is 0 Å². The van der Waals surface area contributed by atoms with Gasteiger partial charge in [0, 0.05) is 37.8 Å². The van der Waals surface area contributed by atoms with Gasteiger partial charge >= 0.3 is 5.69 Å². The van der Waals surface area contributed by atoms with Gasteiger partial charge in [-0.05, 0) is 25.1 Å². The Morgan fingerprint density at radius 2 is 2.00 bits per heavy atom. The lowest BCUT2D eigenvalue weighted by Crippen LogP contribution is -2.48. The van der Waals surface area contributed by atoms with Crippen molar-refractivity contribution in [2.75, 3.05) is 32.7 Å².